The lowest BCUT2D eigenvalue weighted by molar-refractivity contribution is -0.121. The molecule has 1 fully saturated rings. The van der Waals surface area contributed by atoms with Crippen molar-refractivity contribution in [3.63, 3.8) is 0 Å². The van der Waals surface area contributed by atoms with Gasteiger partial charge in [-0.2, -0.15) is 0 Å². The van der Waals surface area contributed by atoms with Gasteiger partial charge in [-0.25, -0.2) is 0 Å². The number of aromatic nitrogens is 1. The maximum absolute atomic E-state index is 12.0. The van der Waals surface area contributed by atoms with Crippen molar-refractivity contribution in [2.45, 2.75) is 19.8 Å². The Labute approximate surface area is 94.3 Å². The second-order valence-electron chi connectivity index (χ2n) is 4.05. The highest BCUT2D eigenvalue weighted by Gasteiger charge is 2.22. The van der Waals surface area contributed by atoms with E-state index in [0.717, 1.165) is 12.1 Å². The Hall–Kier alpha value is -1.71. The molecule has 2 heterocycles. The van der Waals surface area contributed by atoms with Gasteiger partial charge in [-0.3, -0.25) is 14.6 Å². The van der Waals surface area contributed by atoms with Crippen molar-refractivity contribution in [1.29, 1.82) is 0 Å². The number of Topliss-reactive ketones (excluding diaryl/α,β-unsaturated/α-hetero) is 1. The van der Waals surface area contributed by atoms with Gasteiger partial charge in [-0.1, -0.05) is 0 Å². The van der Waals surface area contributed by atoms with Crippen LogP contribution in [-0.2, 0) is 4.79 Å². The summed E-state index contributed by atoms with van der Waals surface area (Å²) in [4.78, 5) is 29.0. The van der Waals surface area contributed by atoms with Crippen LogP contribution in [0.15, 0.2) is 18.3 Å². The van der Waals surface area contributed by atoms with Gasteiger partial charge in [0.1, 0.15) is 0 Å². The van der Waals surface area contributed by atoms with Gasteiger partial charge < -0.3 is 4.90 Å². The number of hydrogen-bond acceptors (Lipinski definition) is 3. The first-order valence-corrected chi connectivity index (χ1v) is 5.40. The number of ketones is 1. The third-order valence-corrected chi connectivity index (χ3v) is 2.68. The Kier molecular flexibility index (Phi) is 2.99. The van der Waals surface area contributed by atoms with E-state index >= 15 is 0 Å². The monoisotopic (exact) mass is 218 g/mol. The third-order valence-electron chi connectivity index (χ3n) is 2.68. The SMILES string of the molecule is Cc1cc(C(=O)N2CCCC(=O)C2)ccn1. The van der Waals surface area contributed by atoms with E-state index in [9.17, 15) is 9.59 Å². The van der Waals surface area contributed by atoms with Crippen molar-refractivity contribution in [1.82, 2.24) is 9.88 Å². The lowest BCUT2D eigenvalue weighted by Gasteiger charge is -2.25. The predicted molar refractivity (Wildman–Crippen MR) is 59.1 cm³/mol. The molecule has 0 aromatic carbocycles. The van der Waals surface area contributed by atoms with Crippen molar-refractivity contribution in [2.24, 2.45) is 0 Å². The van der Waals surface area contributed by atoms with Crippen LogP contribution >= 0.6 is 0 Å². The van der Waals surface area contributed by atoms with Gasteiger partial charge in [0.05, 0.1) is 6.54 Å². The molecule has 0 N–H and O–H groups in total. The highest BCUT2D eigenvalue weighted by Crippen LogP contribution is 2.11. The van der Waals surface area contributed by atoms with Gasteiger partial charge in [0, 0.05) is 30.4 Å². The first-order chi connectivity index (χ1) is 7.66. The molecule has 0 radical (unpaired) electrons. The number of hydrogen-bond donors (Lipinski definition) is 0. The molecule has 0 aliphatic carbocycles. The molecule has 4 heteroatoms. The maximum Gasteiger partial charge on any atom is 0.254 e. The second kappa shape index (κ2) is 4.43. The maximum atomic E-state index is 12.0. The highest BCUT2D eigenvalue weighted by molar-refractivity contribution is 5.97. The molecule has 1 aliphatic heterocycles. The van der Waals surface area contributed by atoms with Gasteiger partial charge in [-0.15, -0.1) is 0 Å². The molecule has 1 saturated heterocycles. The van der Waals surface area contributed by atoms with Crippen LogP contribution in [-0.4, -0.2) is 34.7 Å². The minimum Gasteiger partial charge on any atom is -0.331 e. The summed E-state index contributed by atoms with van der Waals surface area (Å²) in [6.07, 6.45) is 2.99. The molecule has 2 rings (SSSR count). The molecule has 1 aromatic rings. The summed E-state index contributed by atoms with van der Waals surface area (Å²) in [6.45, 7) is 2.77. The molecule has 16 heavy (non-hydrogen) atoms. The number of aryl methyl sites for hydroxylation is 1. The number of pyridine rings is 1. The molecule has 0 unspecified atom stereocenters. The number of amides is 1. The smallest absolute Gasteiger partial charge is 0.254 e. The zero-order valence-electron chi connectivity index (χ0n) is 9.27. The summed E-state index contributed by atoms with van der Waals surface area (Å²) >= 11 is 0. The first kappa shape index (κ1) is 10.8. The van der Waals surface area contributed by atoms with Gasteiger partial charge in [0.15, 0.2) is 5.78 Å². The number of likely N-dealkylation sites (tertiary alicyclic amines) is 1. The van der Waals surface area contributed by atoms with Crippen molar-refractivity contribution in [3.05, 3.63) is 29.6 Å². The van der Waals surface area contributed by atoms with Gasteiger partial charge in [0.2, 0.25) is 0 Å². The summed E-state index contributed by atoms with van der Waals surface area (Å²) in [5, 5.41) is 0. The molecule has 1 aliphatic rings. The molecule has 0 spiro atoms. The predicted octanol–water partition coefficient (Wildman–Crippen LogP) is 1.20. The quantitative estimate of drug-likeness (QED) is 0.711. The number of carbonyl (C=O) groups excluding carboxylic acids is 2. The van der Waals surface area contributed by atoms with Crippen LogP contribution in [0, 0.1) is 6.92 Å². The molecule has 84 valence electrons. The van der Waals surface area contributed by atoms with E-state index in [1.54, 1.807) is 23.2 Å². The summed E-state index contributed by atoms with van der Waals surface area (Å²) in [5.74, 6) is 0.0731. The Balaban J connectivity index is 2.15. The fourth-order valence-electron chi connectivity index (χ4n) is 1.87. The largest absolute Gasteiger partial charge is 0.331 e. The van der Waals surface area contributed by atoms with E-state index in [0.29, 0.717) is 18.5 Å². The molecular weight excluding hydrogens is 204 g/mol. The molecule has 0 atom stereocenters. The summed E-state index contributed by atoms with van der Waals surface area (Å²) in [6, 6.07) is 3.44. The Morgan fingerprint density at radius 1 is 1.50 bits per heavy atom. The number of rotatable bonds is 1. The standard InChI is InChI=1S/C12H14N2O2/c1-9-7-10(4-5-13-9)12(16)14-6-2-3-11(15)8-14/h4-5,7H,2-3,6,8H2,1H3. The lowest BCUT2D eigenvalue weighted by atomic mass is 10.1. The zero-order chi connectivity index (χ0) is 11.5. The van der Waals surface area contributed by atoms with E-state index in [4.69, 9.17) is 0 Å². The van der Waals surface area contributed by atoms with E-state index in [-0.39, 0.29) is 18.2 Å². The second-order valence-corrected chi connectivity index (χ2v) is 4.05. The fourth-order valence-corrected chi connectivity index (χ4v) is 1.87. The van der Waals surface area contributed by atoms with Crippen molar-refractivity contribution < 1.29 is 9.59 Å². The fraction of sp³-hybridized carbons (Fsp3) is 0.417. The van der Waals surface area contributed by atoms with Crippen LogP contribution in [0.1, 0.15) is 28.9 Å². The Morgan fingerprint density at radius 3 is 3.00 bits per heavy atom. The summed E-state index contributed by atoms with van der Waals surface area (Å²) < 4.78 is 0. The number of piperidine rings is 1. The van der Waals surface area contributed by atoms with Crippen LogP contribution in [0.4, 0.5) is 0 Å². The van der Waals surface area contributed by atoms with Crippen LogP contribution in [0.25, 0.3) is 0 Å². The normalized spacial score (nSPS) is 16.3. The highest BCUT2D eigenvalue weighted by atomic mass is 16.2. The molecular formula is C12H14N2O2. The van der Waals surface area contributed by atoms with Crippen LogP contribution in [0.2, 0.25) is 0 Å². The van der Waals surface area contributed by atoms with E-state index in [1.807, 2.05) is 6.92 Å². The van der Waals surface area contributed by atoms with Gasteiger partial charge >= 0.3 is 0 Å². The number of nitrogens with zero attached hydrogens (tertiary/aromatic N) is 2. The average molecular weight is 218 g/mol. The Bertz CT molecular complexity index is 429. The molecule has 0 saturated carbocycles. The first-order valence-electron chi connectivity index (χ1n) is 5.40. The van der Waals surface area contributed by atoms with Crippen LogP contribution in [0.3, 0.4) is 0 Å². The minimum atomic E-state index is -0.0708. The van der Waals surface area contributed by atoms with Crippen molar-refractivity contribution >= 4 is 11.7 Å². The van der Waals surface area contributed by atoms with E-state index < -0.39 is 0 Å². The topological polar surface area (TPSA) is 50.3 Å². The van der Waals surface area contributed by atoms with Gasteiger partial charge in [0.25, 0.3) is 5.91 Å². The van der Waals surface area contributed by atoms with E-state index in [1.165, 1.54) is 0 Å². The van der Waals surface area contributed by atoms with Gasteiger partial charge in [-0.05, 0) is 25.5 Å². The zero-order valence-corrected chi connectivity index (χ0v) is 9.27. The molecule has 4 nitrogen and oxygen atoms in total. The van der Waals surface area contributed by atoms with E-state index in [2.05, 4.69) is 4.98 Å². The van der Waals surface area contributed by atoms with Crippen molar-refractivity contribution in [3.8, 4) is 0 Å². The average Bonchev–Trinajstić information content (AvgIpc) is 2.28. The summed E-state index contributed by atoms with van der Waals surface area (Å²) in [5.41, 5.74) is 1.43. The summed E-state index contributed by atoms with van der Waals surface area (Å²) in [7, 11) is 0. The lowest BCUT2D eigenvalue weighted by Crippen LogP contribution is -2.40. The van der Waals surface area contributed by atoms with Crippen LogP contribution < -0.4 is 0 Å². The molecule has 0 bridgehead atoms. The molecule has 1 aromatic heterocycles. The van der Waals surface area contributed by atoms with Crippen molar-refractivity contribution in [2.75, 3.05) is 13.1 Å². The van der Waals surface area contributed by atoms with Crippen LogP contribution in [0.5, 0.6) is 0 Å². The molecule has 1 amide bonds. The minimum absolute atomic E-state index is 0.0708. The number of carbonyl (C=O) groups is 2. The third kappa shape index (κ3) is 2.27. The Morgan fingerprint density at radius 2 is 2.31 bits per heavy atom.